The zero-order valence-electron chi connectivity index (χ0n) is 6.88. The molecule has 1 aromatic heterocycles. The van der Waals surface area contributed by atoms with E-state index in [-0.39, 0.29) is 17.0 Å². The zero-order valence-corrected chi connectivity index (χ0v) is 7.63. The van der Waals surface area contributed by atoms with Crippen LogP contribution in [0.5, 0.6) is 0 Å². The Morgan fingerprint density at radius 2 is 2.29 bits per heavy atom. The molecule has 0 radical (unpaired) electrons. The van der Waals surface area contributed by atoms with Gasteiger partial charge in [-0.3, -0.25) is 4.98 Å². The van der Waals surface area contributed by atoms with Gasteiger partial charge in [0, 0.05) is 12.1 Å². The van der Waals surface area contributed by atoms with Crippen LogP contribution in [0.4, 0.5) is 8.78 Å². The normalized spacial score (nSPS) is 10.6. The molecule has 1 N–H and O–H groups in total. The van der Waals surface area contributed by atoms with Gasteiger partial charge in [0.2, 0.25) is 0 Å². The van der Waals surface area contributed by atoms with Gasteiger partial charge in [-0.15, -0.1) is 11.6 Å². The summed E-state index contributed by atoms with van der Waals surface area (Å²) < 4.78 is 24.6. The molecule has 0 unspecified atom stereocenters. The summed E-state index contributed by atoms with van der Waals surface area (Å²) in [5, 5.41) is 8.56. The molecule has 6 heteroatoms. The van der Waals surface area contributed by atoms with E-state index in [0.29, 0.717) is 0 Å². The molecule has 0 saturated carbocycles. The molecule has 3 nitrogen and oxygen atoms in total. The highest BCUT2D eigenvalue weighted by Crippen LogP contribution is 2.22. The van der Waals surface area contributed by atoms with Crippen LogP contribution in [-0.2, 0) is 5.88 Å². The number of rotatable bonds is 3. The quantitative estimate of drug-likeness (QED) is 0.798. The molecule has 1 rings (SSSR count). The Hall–Kier alpha value is -1.23. The fourth-order valence-electron chi connectivity index (χ4n) is 0.941. The standard InChI is InChI=1S/C8H6ClF2NO2/c9-2-4-1-5(8(13)14)3-12-6(4)7(10)11/h1,3,7H,2H2,(H,13,14). The molecular weight excluding hydrogens is 216 g/mol. The average molecular weight is 222 g/mol. The van der Waals surface area contributed by atoms with Crippen LogP contribution in [0.25, 0.3) is 0 Å². The van der Waals surface area contributed by atoms with Crippen molar-refractivity contribution in [1.29, 1.82) is 0 Å². The molecule has 0 saturated heterocycles. The number of hydrogen-bond donors (Lipinski definition) is 1. The van der Waals surface area contributed by atoms with E-state index in [1.54, 1.807) is 0 Å². The summed E-state index contributed by atoms with van der Waals surface area (Å²) in [4.78, 5) is 13.8. The Balaban J connectivity index is 3.18. The molecule has 14 heavy (non-hydrogen) atoms. The lowest BCUT2D eigenvalue weighted by molar-refractivity contribution is 0.0695. The molecule has 0 spiro atoms. The summed E-state index contributed by atoms with van der Waals surface area (Å²) in [6.07, 6.45) is -1.86. The topological polar surface area (TPSA) is 50.2 Å². The summed E-state index contributed by atoms with van der Waals surface area (Å²) in [6.45, 7) is 0. The average Bonchev–Trinajstić information content (AvgIpc) is 2.16. The molecule has 0 aliphatic rings. The summed E-state index contributed by atoms with van der Waals surface area (Å²) in [6, 6.07) is 1.10. The maximum Gasteiger partial charge on any atom is 0.337 e. The van der Waals surface area contributed by atoms with Crippen molar-refractivity contribution in [1.82, 2.24) is 4.98 Å². The van der Waals surface area contributed by atoms with E-state index in [1.807, 2.05) is 0 Å². The molecule has 1 aromatic rings. The zero-order chi connectivity index (χ0) is 10.7. The number of nitrogens with zero attached hydrogens (tertiary/aromatic N) is 1. The molecule has 0 fully saturated rings. The Morgan fingerprint density at radius 1 is 1.64 bits per heavy atom. The summed E-state index contributed by atoms with van der Waals surface area (Å²) >= 11 is 5.39. The van der Waals surface area contributed by atoms with Crippen molar-refractivity contribution in [3.05, 3.63) is 29.1 Å². The number of hydrogen-bond acceptors (Lipinski definition) is 2. The number of aromatic carboxylic acids is 1. The first kappa shape index (κ1) is 10.8. The Kier molecular flexibility index (Phi) is 3.35. The molecule has 0 bridgehead atoms. The molecule has 0 aromatic carbocycles. The molecule has 0 amide bonds. The van der Waals surface area contributed by atoms with Crippen molar-refractivity contribution in [2.45, 2.75) is 12.3 Å². The lowest BCUT2D eigenvalue weighted by Crippen LogP contribution is -2.03. The molecule has 0 atom stereocenters. The summed E-state index contributed by atoms with van der Waals surface area (Å²) in [7, 11) is 0. The number of halogens is 3. The van der Waals surface area contributed by atoms with Gasteiger partial charge in [-0.2, -0.15) is 0 Å². The monoisotopic (exact) mass is 221 g/mol. The van der Waals surface area contributed by atoms with Gasteiger partial charge in [0.25, 0.3) is 6.43 Å². The van der Waals surface area contributed by atoms with E-state index in [0.717, 1.165) is 12.3 Å². The Labute approximate surface area is 83.3 Å². The molecule has 1 heterocycles. The number of carbonyl (C=O) groups is 1. The van der Waals surface area contributed by atoms with Crippen molar-refractivity contribution < 1.29 is 18.7 Å². The van der Waals surface area contributed by atoms with E-state index in [2.05, 4.69) is 4.98 Å². The lowest BCUT2D eigenvalue weighted by atomic mass is 10.1. The number of aromatic nitrogens is 1. The predicted octanol–water partition coefficient (Wildman–Crippen LogP) is 2.46. The van der Waals surface area contributed by atoms with E-state index in [9.17, 15) is 13.6 Å². The molecular formula is C8H6ClF2NO2. The van der Waals surface area contributed by atoms with Gasteiger partial charge in [-0.1, -0.05) is 0 Å². The van der Waals surface area contributed by atoms with Crippen molar-refractivity contribution in [2.24, 2.45) is 0 Å². The second-order valence-corrected chi connectivity index (χ2v) is 2.78. The van der Waals surface area contributed by atoms with Crippen LogP contribution in [0, 0.1) is 0 Å². The first-order chi connectivity index (χ1) is 6.56. The third-order valence-corrected chi connectivity index (χ3v) is 1.89. The summed E-state index contributed by atoms with van der Waals surface area (Å²) in [5.41, 5.74) is -0.573. The Bertz CT molecular complexity index is 357. The third kappa shape index (κ3) is 2.17. The predicted molar refractivity (Wildman–Crippen MR) is 45.7 cm³/mol. The van der Waals surface area contributed by atoms with Crippen molar-refractivity contribution in [2.75, 3.05) is 0 Å². The van der Waals surface area contributed by atoms with Crippen molar-refractivity contribution >= 4 is 17.6 Å². The maximum atomic E-state index is 12.3. The second-order valence-electron chi connectivity index (χ2n) is 2.51. The maximum absolute atomic E-state index is 12.3. The number of carboxylic acids is 1. The highest BCUT2D eigenvalue weighted by atomic mass is 35.5. The lowest BCUT2D eigenvalue weighted by Gasteiger charge is -2.05. The van der Waals surface area contributed by atoms with Gasteiger partial charge in [-0.05, 0) is 11.6 Å². The van der Waals surface area contributed by atoms with Gasteiger partial charge in [0.05, 0.1) is 5.56 Å². The van der Waals surface area contributed by atoms with Gasteiger partial charge in [0.15, 0.2) is 0 Å². The van der Waals surface area contributed by atoms with Crippen LogP contribution in [-0.4, -0.2) is 16.1 Å². The molecule has 76 valence electrons. The number of pyridine rings is 1. The number of alkyl halides is 3. The smallest absolute Gasteiger partial charge is 0.337 e. The highest BCUT2D eigenvalue weighted by molar-refractivity contribution is 6.17. The van der Waals surface area contributed by atoms with E-state index < -0.39 is 18.1 Å². The minimum Gasteiger partial charge on any atom is -0.478 e. The summed E-state index contributed by atoms with van der Waals surface area (Å²) in [5.74, 6) is -1.40. The SMILES string of the molecule is O=C(O)c1cnc(C(F)F)c(CCl)c1. The number of carboxylic acid groups (broad SMARTS) is 1. The Morgan fingerprint density at radius 3 is 2.71 bits per heavy atom. The van der Waals surface area contributed by atoms with E-state index >= 15 is 0 Å². The molecule has 0 aliphatic heterocycles. The minimum atomic E-state index is -2.74. The first-order valence-electron chi connectivity index (χ1n) is 3.62. The van der Waals surface area contributed by atoms with Crippen molar-refractivity contribution in [3.8, 4) is 0 Å². The van der Waals surface area contributed by atoms with Gasteiger partial charge in [-0.25, -0.2) is 13.6 Å². The van der Waals surface area contributed by atoms with Crippen LogP contribution in [0.3, 0.4) is 0 Å². The second kappa shape index (κ2) is 4.32. The van der Waals surface area contributed by atoms with Gasteiger partial charge < -0.3 is 5.11 Å². The fraction of sp³-hybridized carbons (Fsp3) is 0.250. The minimum absolute atomic E-state index is 0.0431. The van der Waals surface area contributed by atoms with Crippen molar-refractivity contribution in [3.63, 3.8) is 0 Å². The van der Waals surface area contributed by atoms with Crippen LogP contribution in [0.1, 0.15) is 28.0 Å². The van der Waals surface area contributed by atoms with E-state index in [4.69, 9.17) is 16.7 Å². The largest absolute Gasteiger partial charge is 0.478 e. The highest BCUT2D eigenvalue weighted by Gasteiger charge is 2.16. The first-order valence-corrected chi connectivity index (χ1v) is 4.16. The third-order valence-electron chi connectivity index (χ3n) is 1.60. The fourth-order valence-corrected chi connectivity index (χ4v) is 1.16. The molecule has 0 aliphatic carbocycles. The van der Waals surface area contributed by atoms with E-state index in [1.165, 1.54) is 0 Å². The van der Waals surface area contributed by atoms with Crippen LogP contribution >= 0.6 is 11.6 Å². The van der Waals surface area contributed by atoms with Gasteiger partial charge >= 0.3 is 5.97 Å². The van der Waals surface area contributed by atoms with Crippen LogP contribution in [0.2, 0.25) is 0 Å². The van der Waals surface area contributed by atoms with Crippen LogP contribution < -0.4 is 0 Å². The van der Waals surface area contributed by atoms with Crippen LogP contribution in [0.15, 0.2) is 12.3 Å². The van der Waals surface area contributed by atoms with Gasteiger partial charge in [0.1, 0.15) is 5.69 Å².